The van der Waals surface area contributed by atoms with E-state index in [1.165, 1.54) is 0 Å². The molecule has 0 spiro atoms. The Morgan fingerprint density at radius 1 is 0.833 bits per heavy atom. The van der Waals surface area contributed by atoms with Gasteiger partial charge in [-0.25, -0.2) is 4.79 Å². The summed E-state index contributed by atoms with van der Waals surface area (Å²) in [4.78, 5) is 11.3. The molecule has 3 heteroatoms. The molecule has 0 amide bonds. The van der Waals surface area contributed by atoms with E-state index in [1.54, 1.807) is 6.07 Å². The van der Waals surface area contributed by atoms with Gasteiger partial charge in [0.1, 0.15) is 0 Å². The first-order valence-corrected chi connectivity index (χ1v) is 5.41. The third kappa shape index (κ3) is 1.95. The van der Waals surface area contributed by atoms with Crippen molar-refractivity contribution in [1.82, 2.24) is 0 Å². The van der Waals surface area contributed by atoms with Crippen molar-refractivity contribution in [2.24, 2.45) is 0 Å². The average molecular weight is 330 g/mol. The minimum Gasteiger partial charge on any atom is -0.478 e. The maximum Gasteiger partial charge on any atom is 0.336 e. The second kappa shape index (κ2) is 4.94. The molecule has 3 aromatic rings. The topological polar surface area (TPSA) is 37.3 Å². The molecule has 0 unspecified atom stereocenters. The molecule has 0 aliphatic heterocycles. The number of hydrogen-bond donors (Lipinski definition) is 1. The van der Waals surface area contributed by atoms with E-state index in [0.29, 0.717) is 5.56 Å². The van der Waals surface area contributed by atoms with E-state index in [1.807, 2.05) is 48.5 Å². The summed E-state index contributed by atoms with van der Waals surface area (Å²) in [6.07, 6.45) is 0. The molecule has 0 saturated carbocycles. The van der Waals surface area contributed by atoms with E-state index in [2.05, 4.69) is 0 Å². The molecule has 3 aromatic carbocycles. The van der Waals surface area contributed by atoms with Gasteiger partial charge in [0.25, 0.3) is 0 Å². The third-order valence-corrected chi connectivity index (χ3v) is 3.00. The van der Waals surface area contributed by atoms with Gasteiger partial charge < -0.3 is 5.11 Å². The maximum absolute atomic E-state index is 11.3. The molecule has 0 atom stereocenters. The molecule has 0 aromatic heterocycles. The molecule has 0 bridgehead atoms. The van der Waals surface area contributed by atoms with Gasteiger partial charge in [-0.2, -0.15) is 0 Å². The summed E-state index contributed by atoms with van der Waals surface area (Å²) in [6, 6.07) is 17.2. The zero-order valence-corrected chi connectivity index (χ0v) is 10.8. The van der Waals surface area contributed by atoms with Crippen molar-refractivity contribution in [2.75, 3.05) is 0 Å². The summed E-state index contributed by atoms with van der Waals surface area (Å²) in [5, 5.41) is 13.1. The molecule has 3 rings (SSSR count). The van der Waals surface area contributed by atoms with Gasteiger partial charge in [0.05, 0.1) is 5.56 Å². The van der Waals surface area contributed by atoms with Crippen LogP contribution in [0.1, 0.15) is 10.4 Å². The van der Waals surface area contributed by atoms with Crippen molar-refractivity contribution in [3.05, 3.63) is 60.2 Å². The zero-order chi connectivity index (χ0) is 11.8. The fraction of sp³-hybridized carbons (Fsp3) is 0. The summed E-state index contributed by atoms with van der Waals surface area (Å²) in [5.41, 5.74) is 0.360. The fourth-order valence-corrected chi connectivity index (χ4v) is 2.23. The van der Waals surface area contributed by atoms with Crippen molar-refractivity contribution in [1.29, 1.82) is 0 Å². The first-order chi connectivity index (χ1) is 8.27. The molecule has 1 N–H and O–H groups in total. The third-order valence-electron chi connectivity index (χ3n) is 3.00. The largest absolute Gasteiger partial charge is 0.478 e. The monoisotopic (exact) mass is 329 g/mol. The molecule has 0 heterocycles. The first kappa shape index (κ1) is 12.8. The van der Waals surface area contributed by atoms with Crippen LogP contribution in [0.25, 0.3) is 21.5 Å². The smallest absolute Gasteiger partial charge is 0.336 e. The number of aromatic carboxylic acids is 1. The average Bonchev–Trinajstić information content (AvgIpc) is 2.37. The molecule has 0 aliphatic rings. The Bertz CT molecular complexity index is 735. The molecule has 18 heavy (non-hydrogen) atoms. The van der Waals surface area contributed by atoms with Crippen LogP contribution in [0.4, 0.5) is 0 Å². The Morgan fingerprint density at radius 3 is 2.06 bits per heavy atom. The fourth-order valence-electron chi connectivity index (χ4n) is 2.23. The zero-order valence-electron chi connectivity index (χ0n) is 9.35. The number of carboxylic acids is 1. The van der Waals surface area contributed by atoms with Crippen LogP contribution in [-0.4, -0.2) is 11.1 Å². The number of fused-ring (bicyclic) bond motifs is 3. The van der Waals surface area contributed by atoms with Crippen LogP contribution in [0, 0.1) is 0 Å². The van der Waals surface area contributed by atoms with Gasteiger partial charge in [-0.15, -0.1) is 0 Å². The van der Waals surface area contributed by atoms with Crippen molar-refractivity contribution in [3.8, 4) is 0 Å². The van der Waals surface area contributed by atoms with Crippen LogP contribution in [0.3, 0.4) is 0 Å². The van der Waals surface area contributed by atoms with Crippen molar-refractivity contribution in [2.45, 2.75) is 0 Å². The molecule has 0 fully saturated rings. The number of benzene rings is 3. The van der Waals surface area contributed by atoms with E-state index in [0.717, 1.165) is 21.5 Å². The quantitative estimate of drug-likeness (QED) is 0.546. The normalized spacial score (nSPS) is 10.2. The minimum absolute atomic E-state index is 0. The Kier molecular flexibility index (Phi) is 3.53. The summed E-state index contributed by atoms with van der Waals surface area (Å²) < 4.78 is 0. The van der Waals surface area contributed by atoms with Gasteiger partial charge in [-0.1, -0.05) is 48.5 Å². The van der Waals surface area contributed by atoms with Crippen molar-refractivity contribution < 1.29 is 32.3 Å². The van der Waals surface area contributed by atoms with E-state index < -0.39 is 5.97 Å². The van der Waals surface area contributed by atoms with E-state index in [4.69, 9.17) is 0 Å². The number of carboxylic acid groups (broad SMARTS) is 1. The maximum atomic E-state index is 11.3. The Labute approximate surface area is 120 Å². The van der Waals surface area contributed by atoms with E-state index >= 15 is 0 Å². The Hall–Kier alpha value is -1.61. The summed E-state index contributed by atoms with van der Waals surface area (Å²) in [6.45, 7) is 0. The van der Waals surface area contributed by atoms with Gasteiger partial charge in [0.15, 0.2) is 0 Å². The second-order valence-electron chi connectivity index (χ2n) is 4.00. The first-order valence-electron chi connectivity index (χ1n) is 5.41. The van der Waals surface area contributed by atoms with Crippen LogP contribution < -0.4 is 0 Å². The molecule has 93 valence electrons. The van der Waals surface area contributed by atoms with Crippen LogP contribution in [0.5, 0.6) is 0 Å². The van der Waals surface area contributed by atoms with E-state index in [9.17, 15) is 9.90 Å². The van der Waals surface area contributed by atoms with Crippen molar-refractivity contribution >= 4 is 27.5 Å². The SMILES string of the molecule is O=C(O)c1cc2ccccc2c2ccccc12.[Ag]. The van der Waals surface area contributed by atoms with E-state index in [-0.39, 0.29) is 22.4 Å². The predicted octanol–water partition coefficient (Wildman–Crippen LogP) is 3.69. The van der Waals surface area contributed by atoms with Gasteiger partial charge in [-0.3, -0.25) is 0 Å². The minimum atomic E-state index is -0.882. The van der Waals surface area contributed by atoms with Crippen molar-refractivity contribution in [3.63, 3.8) is 0 Å². The number of rotatable bonds is 1. The molecular formula is C15H10AgO2. The number of carbonyl (C=O) groups is 1. The summed E-state index contributed by atoms with van der Waals surface area (Å²) >= 11 is 0. The molecule has 2 nitrogen and oxygen atoms in total. The molecular weight excluding hydrogens is 320 g/mol. The van der Waals surface area contributed by atoms with Crippen LogP contribution in [0.15, 0.2) is 54.6 Å². The molecule has 0 saturated heterocycles. The van der Waals surface area contributed by atoms with Gasteiger partial charge in [-0.05, 0) is 27.6 Å². The van der Waals surface area contributed by atoms with Crippen LogP contribution in [-0.2, 0) is 22.4 Å². The number of hydrogen-bond acceptors (Lipinski definition) is 1. The second-order valence-corrected chi connectivity index (χ2v) is 4.00. The molecule has 0 aliphatic carbocycles. The predicted molar refractivity (Wildman–Crippen MR) is 68.4 cm³/mol. The van der Waals surface area contributed by atoms with Crippen LogP contribution in [0.2, 0.25) is 0 Å². The van der Waals surface area contributed by atoms with Gasteiger partial charge >= 0.3 is 5.97 Å². The Morgan fingerprint density at radius 2 is 1.39 bits per heavy atom. The van der Waals surface area contributed by atoms with Gasteiger partial charge in [0.2, 0.25) is 0 Å². The summed E-state index contributed by atoms with van der Waals surface area (Å²) in [7, 11) is 0. The standard InChI is InChI=1S/C15H10O2.Ag/c16-15(17)14-9-10-5-1-2-6-11(10)12-7-3-4-8-13(12)14;/h1-9H,(H,16,17);. The molecule has 1 radical (unpaired) electrons. The summed E-state index contributed by atoms with van der Waals surface area (Å²) in [5.74, 6) is -0.882. The Balaban J connectivity index is 0.00000120. The van der Waals surface area contributed by atoms with Crippen LogP contribution >= 0.6 is 0 Å². The van der Waals surface area contributed by atoms with Gasteiger partial charge in [0, 0.05) is 22.4 Å².